The predicted molar refractivity (Wildman–Crippen MR) is 154 cm³/mol. The van der Waals surface area contributed by atoms with Crippen LogP contribution in [-0.2, 0) is 11.0 Å². The number of hydrogen-bond acceptors (Lipinski definition) is 8. The van der Waals surface area contributed by atoms with Gasteiger partial charge in [-0.1, -0.05) is 23.5 Å². The van der Waals surface area contributed by atoms with E-state index < -0.39 is 11.7 Å². The molecule has 41 heavy (non-hydrogen) atoms. The van der Waals surface area contributed by atoms with Gasteiger partial charge in [0.1, 0.15) is 11.8 Å². The molecule has 0 unspecified atom stereocenters. The minimum atomic E-state index is -4.47. The number of nitrogens with zero attached hydrogens (tertiary/aromatic N) is 4. The number of para-hydroxylation sites is 1. The van der Waals surface area contributed by atoms with E-state index in [0.717, 1.165) is 42.8 Å². The molecule has 216 valence electrons. The van der Waals surface area contributed by atoms with Crippen LogP contribution in [0.25, 0.3) is 21.5 Å². The van der Waals surface area contributed by atoms with Gasteiger partial charge in [-0.25, -0.2) is 15.0 Å². The van der Waals surface area contributed by atoms with Crippen LogP contribution in [0.15, 0.2) is 48.8 Å². The maximum atomic E-state index is 13.6. The van der Waals surface area contributed by atoms with Gasteiger partial charge < -0.3 is 20.3 Å². The summed E-state index contributed by atoms with van der Waals surface area (Å²) in [6, 6.07) is 11.1. The third-order valence-electron chi connectivity index (χ3n) is 7.10. The van der Waals surface area contributed by atoms with Gasteiger partial charge >= 0.3 is 6.18 Å². The number of benzene rings is 2. The van der Waals surface area contributed by atoms with E-state index in [1.165, 1.54) is 30.7 Å². The first-order valence-electron chi connectivity index (χ1n) is 13.4. The highest BCUT2D eigenvalue weighted by molar-refractivity contribution is 7.22. The molecule has 0 spiro atoms. The molecule has 1 saturated heterocycles. The number of thiazole rings is 1. The Labute approximate surface area is 240 Å². The number of rotatable bonds is 8. The number of nitrogens with one attached hydrogen (secondary N) is 2. The molecule has 0 atom stereocenters. The number of piperidine rings is 1. The molecular weight excluding hydrogens is 553 g/mol. The van der Waals surface area contributed by atoms with Crippen molar-refractivity contribution in [1.82, 2.24) is 19.9 Å². The molecule has 12 heteroatoms. The molecule has 0 aliphatic carbocycles. The molecule has 3 heterocycles. The number of amides is 1. The highest BCUT2D eigenvalue weighted by Crippen LogP contribution is 2.38. The summed E-state index contributed by atoms with van der Waals surface area (Å²) >= 11 is 1.32. The second kappa shape index (κ2) is 12.0. The van der Waals surface area contributed by atoms with Gasteiger partial charge in [0, 0.05) is 36.8 Å². The zero-order valence-electron chi connectivity index (χ0n) is 23.0. The third kappa shape index (κ3) is 6.94. The van der Waals surface area contributed by atoms with E-state index in [9.17, 15) is 18.0 Å². The van der Waals surface area contributed by atoms with Crippen molar-refractivity contribution in [3.63, 3.8) is 0 Å². The van der Waals surface area contributed by atoms with Crippen molar-refractivity contribution in [3.05, 3.63) is 54.4 Å². The monoisotopic (exact) mass is 584 g/mol. The fraction of sp³-hybridized carbons (Fsp3) is 0.379. The molecule has 1 amide bonds. The van der Waals surface area contributed by atoms with Crippen LogP contribution in [0, 0.1) is 5.92 Å². The number of hydrogen-bond donors (Lipinski definition) is 2. The lowest BCUT2D eigenvalue weighted by atomic mass is 9.95. The summed E-state index contributed by atoms with van der Waals surface area (Å²) in [4.78, 5) is 26.9. The van der Waals surface area contributed by atoms with Crippen LogP contribution in [0.5, 0.6) is 11.6 Å². The fourth-order valence-corrected chi connectivity index (χ4v) is 5.81. The Bertz CT molecular complexity index is 1530. The number of fused-ring (bicyclic) bond motifs is 1. The highest BCUT2D eigenvalue weighted by Gasteiger charge is 2.31. The van der Waals surface area contributed by atoms with Crippen molar-refractivity contribution in [2.45, 2.75) is 45.8 Å². The molecular formula is C29H31F3N6O2S. The zero-order valence-corrected chi connectivity index (χ0v) is 23.8. The Morgan fingerprint density at radius 2 is 1.93 bits per heavy atom. The molecule has 1 fully saturated rings. The van der Waals surface area contributed by atoms with Crippen molar-refractivity contribution in [2.24, 2.45) is 5.92 Å². The van der Waals surface area contributed by atoms with Crippen LogP contribution >= 0.6 is 11.3 Å². The van der Waals surface area contributed by atoms with Crippen LogP contribution in [0.4, 0.5) is 24.0 Å². The number of anilines is 2. The van der Waals surface area contributed by atoms with Crippen molar-refractivity contribution >= 4 is 38.3 Å². The van der Waals surface area contributed by atoms with Crippen LogP contribution in [0.3, 0.4) is 0 Å². The number of halogens is 3. The topological polar surface area (TPSA) is 92.3 Å². The molecule has 1 aliphatic rings. The van der Waals surface area contributed by atoms with Crippen molar-refractivity contribution in [3.8, 4) is 22.9 Å². The first-order chi connectivity index (χ1) is 19.6. The third-order valence-corrected chi connectivity index (χ3v) is 8.04. The number of carbonyl (C=O) groups is 1. The van der Waals surface area contributed by atoms with E-state index in [2.05, 4.69) is 44.3 Å². The summed E-state index contributed by atoms with van der Waals surface area (Å²) in [6.45, 7) is 8.28. The second-order valence-electron chi connectivity index (χ2n) is 10.4. The van der Waals surface area contributed by atoms with E-state index in [0.29, 0.717) is 51.8 Å². The molecule has 4 aromatic rings. The maximum absolute atomic E-state index is 13.6. The van der Waals surface area contributed by atoms with Crippen LogP contribution < -0.4 is 15.4 Å². The second-order valence-corrected chi connectivity index (χ2v) is 11.4. The standard InChI is InChI=1S/C29H31F3N6O2S/c1-17(2)38-11-9-19(10-12-38)15-33-22-13-20(29(30,31)32)7-8-21(22)23-14-26(35-16-34-23)40-24-5-4-6-25-27(24)37-28(41-25)36-18(3)39/h4-8,13-14,16-17,19,33H,9-12,15H2,1-3H3,(H,36,37,39). The lowest BCUT2D eigenvalue weighted by Crippen LogP contribution is -2.39. The number of carbonyl (C=O) groups excluding carboxylic acids is 1. The summed E-state index contributed by atoms with van der Waals surface area (Å²) in [5.74, 6) is 0.772. The number of aromatic nitrogens is 3. The van der Waals surface area contributed by atoms with E-state index in [1.807, 2.05) is 6.07 Å². The quantitative estimate of drug-likeness (QED) is 0.229. The molecule has 2 N–H and O–H groups in total. The molecule has 0 bridgehead atoms. The van der Waals surface area contributed by atoms with Gasteiger partial charge in [-0.05, 0) is 70.0 Å². The smallest absolute Gasteiger partial charge is 0.416 e. The largest absolute Gasteiger partial charge is 0.437 e. The normalized spacial score (nSPS) is 14.9. The number of likely N-dealkylation sites (tertiary alicyclic amines) is 1. The van der Waals surface area contributed by atoms with Gasteiger partial charge in [0.25, 0.3) is 0 Å². The minimum absolute atomic E-state index is 0.212. The predicted octanol–water partition coefficient (Wildman–Crippen LogP) is 7.06. The zero-order chi connectivity index (χ0) is 29.1. The van der Waals surface area contributed by atoms with Gasteiger partial charge in [0.2, 0.25) is 11.8 Å². The van der Waals surface area contributed by atoms with Crippen molar-refractivity contribution in [2.75, 3.05) is 30.3 Å². The lowest BCUT2D eigenvalue weighted by Gasteiger charge is -2.34. The Balaban J connectivity index is 1.40. The van der Waals surface area contributed by atoms with Crippen LogP contribution in [0.2, 0.25) is 0 Å². The van der Waals surface area contributed by atoms with E-state index in [4.69, 9.17) is 4.74 Å². The van der Waals surface area contributed by atoms with Crippen molar-refractivity contribution in [1.29, 1.82) is 0 Å². The molecule has 1 aliphatic heterocycles. The summed E-state index contributed by atoms with van der Waals surface area (Å²) in [7, 11) is 0. The van der Waals surface area contributed by atoms with Crippen LogP contribution in [-0.4, -0.2) is 51.4 Å². The van der Waals surface area contributed by atoms with Gasteiger partial charge in [-0.15, -0.1) is 0 Å². The fourth-order valence-electron chi connectivity index (χ4n) is 4.88. The average molecular weight is 585 g/mol. The summed E-state index contributed by atoms with van der Waals surface area (Å²) < 4.78 is 47.7. The summed E-state index contributed by atoms with van der Waals surface area (Å²) in [5.41, 5.74) is 1.13. The SMILES string of the molecule is CC(=O)Nc1nc2c(Oc3cc(-c4ccc(C(F)(F)F)cc4NCC4CCN(C(C)C)CC4)ncn3)cccc2s1. The number of alkyl halides is 3. The molecule has 0 radical (unpaired) electrons. The molecule has 2 aromatic heterocycles. The van der Waals surface area contributed by atoms with E-state index in [1.54, 1.807) is 18.2 Å². The molecule has 8 nitrogen and oxygen atoms in total. The van der Waals surface area contributed by atoms with Gasteiger partial charge in [-0.2, -0.15) is 13.2 Å². The molecule has 2 aromatic carbocycles. The minimum Gasteiger partial charge on any atom is -0.437 e. The first kappa shape index (κ1) is 28.7. The van der Waals surface area contributed by atoms with E-state index >= 15 is 0 Å². The summed E-state index contributed by atoms with van der Waals surface area (Å²) in [6.07, 6.45) is -1.19. The molecule has 5 rings (SSSR count). The first-order valence-corrected chi connectivity index (χ1v) is 14.2. The highest BCUT2D eigenvalue weighted by atomic mass is 32.1. The number of ether oxygens (including phenoxy) is 1. The van der Waals surface area contributed by atoms with Crippen LogP contribution in [0.1, 0.15) is 39.2 Å². The van der Waals surface area contributed by atoms with Gasteiger partial charge in [0.15, 0.2) is 10.9 Å². The van der Waals surface area contributed by atoms with Gasteiger partial charge in [-0.3, -0.25) is 4.79 Å². The van der Waals surface area contributed by atoms with Crippen molar-refractivity contribution < 1.29 is 22.7 Å². The maximum Gasteiger partial charge on any atom is 0.416 e. The Hall–Kier alpha value is -3.77. The Morgan fingerprint density at radius 3 is 2.63 bits per heavy atom. The Kier molecular flexibility index (Phi) is 8.41. The van der Waals surface area contributed by atoms with E-state index in [-0.39, 0.29) is 11.8 Å². The molecule has 0 saturated carbocycles. The van der Waals surface area contributed by atoms with Gasteiger partial charge in [0.05, 0.1) is 16.0 Å². The average Bonchev–Trinajstić information content (AvgIpc) is 3.34. The lowest BCUT2D eigenvalue weighted by molar-refractivity contribution is -0.137. The summed E-state index contributed by atoms with van der Waals surface area (Å²) in [5, 5.41) is 6.41. The Morgan fingerprint density at radius 1 is 1.15 bits per heavy atom.